The molecule has 0 aliphatic heterocycles. The molecule has 1 aliphatic rings. The fraction of sp³-hybridized carbons (Fsp3) is 0.571. The van der Waals surface area contributed by atoms with Crippen LogP contribution in [0.5, 0.6) is 0 Å². The highest BCUT2D eigenvalue weighted by Gasteiger charge is 2.28. The van der Waals surface area contributed by atoms with Gasteiger partial charge < -0.3 is 5.32 Å². The molecule has 1 aromatic heterocycles. The lowest BCUT2D eigenvalue weighted by atomic mass is 9.78. The molecule has 1 saturated carbocycles. The van der Waals surface area contributed by atoms with Crippen LogP contribution in [-0.4, -0.2) is 16.9 Å². The highest BCUT2D eigenvalue weighted by Crippen LogP contribution is 2.29. The topological polar surface area (TPSA) is 42.0 Å². The van der Waals surface area contributed by atoms with Crippen LogP contribution in [0.3, 0.4) is 0 Å². The minimum Gasteiger partial charge on any atom is -0.348 e. The number of amides is 1. The molecule has 1 amide bonds. The van der Waals surface area contributed by atoms with Gasteiger partial charge in [-0.25, -0.2) is 0 Å². The van der Waals surface area contributed by atoms with Gasteiger partial charge in [-0.05, 0) is 30.4 Å². The van der Waals surface area contributed by atoms with E-state index in [2.05, 4.69) is 24.1 Å². The fourth-order valence-corrected chi connectivity index (χ4v) is 2.53. The molecule has 2 rings (SSSR count). The first-order valence-corrected chi connectivity index (χ1v) is 6.40. The van der Waals surface area contributed by atoms with Crippen molar-refractivity contribution in [2.45, 2.75) is 39.2 Å². The first kappa shape index (κ1) is 12.1. The van der Waals surface area contributed by atoms with Crippen molar-refractivity contribution >= 4 is 5.91 Å². The second-order valence-electron chi connectivity index (χ2n) is 5.06. The first-order valence-electron chi connectivity index (χ1n) is 6.40. The van der Waals surface area contributed by atoms with E-state index >= 15 is 0 Å². The van der Waals surface area contributed by atoms with Gasteiger partial charge in [0.15, 0.2) is 0 Å². The smallest absolute Gasteiger partial charge is 0.270 e. The minimum absolute atomic E-state index is 0.0449. The lowest BCUT2D eigenvalue weighted by Crippen LogP contribution is -2.43. The van der Waals surface area contributed by atoms with Crippen LogP contribution >= 0.6 is 0 Å². The van der Waals surface area contributed by atoms with Crippen LogP contribution in [0.1, 0.15) is 43.6 Å². The van der Waals surface area contributed by atoms with Gasteiger partial charge in [-0.15, -0.1) is 0 Å². The Labute approximate surface area is 103 Å². The SMILES string of the molecule is C[C@H]1[C@H](C)CCC[C@@H]1NC(=O)c1ccccn1. The molecule has 1 N–H and O–H groups in total. The van der Waals surface area contributed by atoms with Gasteiger partial charge >= 0.3 is 0 Å². The van der Waals surface area contributed by atoms with Crippen molar-refractivity contribution in [3.05, 3.63) is 30.1 Å². The molecule has 0 spiro atoms. The molecular formula is C14H20N2O. The van der Waals surface area contributed by atoms with E-state index in [1.807, 2.05) is 12.1 Å². The number of nitrogens with zero attached hydrogens (tertiary/aromatic N) is 1. The average Bonchev–Trinajstić information content (AvgIpc) is 2.36. The highest BCUT2D eigenvalue weighted by atomic mass is 16.1. The number of aromatic nitrogens is 1. The lowest BCUT2D eigenvalue weighted by molar-refractivity contribution is 0.0886. The van der Waals surface area contributed by atoms with Crippen molar-refractivity contribution in [3.8, 4) is 0 Å². The fourth-order valence-electron chi connectivity index (χ4n) is 2.53. The summed E-state index contributed by atoms with van der Waals surface area (Å²) in [4.78, 5) is 16.1. The third kappa shape index (κ3) is 2.84. The van der Waals surface area contributed by atoms with Gasteiger partial charge in [0.25, 0.3) is 5.91 Å². The predicted molar refractivity (Wildman–Crippen MR) is 67.7 cm³/mol. The Kier molecular flexibility index (Phi) is 3.77. The summed E-state index contributed by atoms with van der Waals surface area (Å²) in [5, 5.41) is 3.11. The van der Waals surface area contributed by atoms with Crippen molar-refractivity contribution < 1.29 is 4.79 Å². The van der Waals surface area contributed by atoms with Crippen LogP contribution in [0.25, 0.3) is 0 Å². The third-order valence-electron chi connectivity index (χ3n) is 3.92. The van der Waals surface area contributed by atoms with Gasteiger partial charge in [-0.2, -0.15) is 0 Å². The van der Waals surface area contributed by atoms with Crippen molar-refractivity contribution in [2.24, 2.45) is 11.8 Å². The van der Waals surface area contributed by atoms with Crippen LogP contribution in [0.2, 0.25) is 0 Å². The summed E-state index contributed by atoms with van der Waals surface area (Å²) in [5.41, 5.74) is 0.512. The largest absolute Gasteiger partial charge is 0.348 e. The maximum atomic E-state index is 12.0. The van der Waals surface area contributed by atoms with Crippen molar-refractivity contribution in [3.63, 3.8) is 0 Å². The highest BCUT2D eigenvalue weighted by molar-refractivity contribution is 5.92. The summed E-state index contributed by atoms with van der Waals surface area (Å²) in [7, 11) is 0. The Hall–Kier alpha value is -1.38. The molecule has 3 nitrogen and oxygen atoms in total. The average molecular weight is 232 g/mol. The number of carbonyl (C=O) groups excluding carboxylic acids is 1. The summed E-state index contributed by atoms with van der Waals surface area (Å²) in [5.74, 6) is 1.20. The van der Waals surface area contributed by atoms with Gasteiger partial charge in [-0.3, -0.25) is 9.78 Å². The lowest BCUT2D eigenvalue weighted by Gasteiger charge is -2.34. The van der Waals surface area contributed by atoms with Gasteiger partial charge in [0.1, 0.15) is 5.69 Å². The third-order valence-corrected chi connectivity index (χ3v) is 3.92. The second kappa shape index (κ2) is 5.30. The summed E-state index contributed by atoms with van der Waals surface area (Å²) in [6, 6.07) is 5.72. The maximum absolute atomic E-state index is 12.0. The maximum Gasteiger partial charge on any atom is 0.270 e. The van der Waals surface area contributed by atoms with E-state index in [1.165, 1.54) is 12.8 Å². The number of hydrogen-bond acceptors (Lipinski definition) is 2. The van der Waals surface area contributed by atoms with E-state index < -0.39 is 0 Å². The molecule has 0 bridgehead atoms. The molecule has 1 aliphatic carbocycles. The summed E-state index contributed by atoms with van der Waals surface area (Å²) < 4.78 is 0. The van der Waals surface area contributed by atoms with Crippen LogP contribution in [-0.2, 0) is 0 Å². The van der Waals surface area contributed by atoms with Gasteiger partial charge in [0.2, 0.25) is 0 Å². The molecule has 1 aromatic rings. The Bertz CT molecular complexity index is 377. The monoisotopic (exact) mass is 232 g/mol. The molecule has 0 aromatic carbocycles. The molecule has 1 heterocycles. The molecule has 0 unspecified atom stereocenters. The van der Waals surface area contributed by atoms with Gasteiger partial charge in [-0.1, -0.05) is 32.8 Å². The Morgan fingerprint density at radius 1 is 1.35 bits per heavy atom. The van der Waals surface area contributed by atoms with Crippen LogP contribution in [0.4, 0.5) is 0 Å². The van der Waals surface area contributed by atoms with E-state index in [0.717, 1.165) is 6.42 Å². The van der Waals surface area contributed by atoms with Crippen LogP contribution in [0.15, 0.2) is 24.4 Å². The van der Waals surface area contributed by atoms with E-state index in [4.69, 9.17) is 0 Å². The van der Waals surface area contributed by atoms with Crippen LogP contribution < -0.4 is 5.32 Å². The van der Waals surface area contributed by atoms with E-state index in [1.54, 1.807) is 12.3 Å². The van der Waals surface area contributed by atoms with E-state index in [-0.39, 0.29) is 5.91 Å². The molecule has 0 saturated heterocycles. The molecule has 1 fully saturated rings. The first-order chi connectivity index (χ1) is 8.18. The Balaban J connectivity index is 1.99. The van der Waals surface area contributed by atoms with Crippen molar-refractivity contribution in [2.75, 3.05) is 0 Å². The molecule has 0 radical (unpaired) electrons. The standard InChI is InChI=1S/C14H20N2O/c1-10-6-5-8-12(11(10)2)16-14(17)13-7-3-4-9-15-13/h3-4,7,9-12H,5-6,8H2,1-2H3,(H,16,17)/t10-,11+,12+/m1/s1. The van der Waals surface area contributed by atoms with Crippen LogP contribution in [0, 0.1) is 11.8 Å². The van der Waals surface area contributed by atoms with Gasteiger partial charge in [0, 0.05) is 12.2 Å². The molecule has 3 atom stereocenters. The predicted octanol–water partition coefficient (Wildman–Crippen LogP) is 2.64. The molecular weight excluding hydrogens is 212 g/mol. The second-order valence-corrected chi connectivity index (χ2v) is 5.06. The summed E-state index contributed by atoms with van der Waals surface area (Å²) >= 11 is 0. The zero-order chi connectivity index (χ0) is 12.3. The molecule has 92 valence electrons. The number of nitrogens with one attached hydrogen (secondary N) is 1. The Morgan fingerprint density at radius 2 is 2.18 bits per heavy atom. The number of hydrogen-bond donors (Lipinski definition) is 1. The van der Waals surface area contributed by atoms with Gasteiger partial charge in [0.05, 0.1) is 0 Å². The summed E-state index contributed by atoms with van der Waals surface area (Å²) in [6.45, 7) is 4.50. The van der Waals surface area contributed by atoms with Crippen molar-refractivity contribution in [1.82, 2.24) is 10.3 Å². The van der Waals surface area contributed by atoms with E-state index in [0.29, 0.717) is 23.6 Å². The quantitative estimate of drug-likeness (QED) is 0.851. The number of pyridine rings is 1. The molecule has 17 heavy (non-hydrogen) atoms. The summed E-state index contributed by atoms with van der Waals surface area (Å²) in [6.07, 6.45) is 5.22. The Morgan fingerprint density at radius 3 is 2.88 bits per heavy atom. The minimum atomic E-state index is -0.0449. The number of rotatable bonds is 2. The zero-order valence-corrected chi connectivity index (χ0v) is 10.5. The number of carbonyl (C=O) groups is 1. The zero-order valence-electron chi connectivity index (χ0n) is 10.5. The normalized spacial score (nSPS) is 28.7. The van der Waals surface area contributed by atoms with E-state index in [9.17, 15) is 4.79 Å². The molecule has 3 heteroatoms. The van der Waals surface area contributed by atoms with Crippen molar-refractivity contribution in [1.29, 1.82) is 0 Å².